The molecule has 2 aliphatic rings. The molecule has 3 heterocycles. The maximum absolute atomic E-state index is 13.1. The van der Waals surface area contributed by atoms with Gasteiger partial charge in [-0.25, -0.2) is 0 Å². The van der Waals surface area contributed by atoms with Crippen LogP contribution in [0.2, 0.25) is 0 Å². The van der Waals surface area contributed by atoms with Gasteiger partial charge in [-0.05, 0) is 83.8 Å². The number of carbonyl (C=O) groups excluding carboxylic acids is 1. The van der Waals surface area contributed by atoms with Crippen molar-refractivity contribution in [1.82, 2.24) is 19.7 Å². The van der Waals surface area contributed by atoms with Gasteiger partial charge in [0.1, 0.15) is 0 Å². The highest BCUT2D eigenvalue weighted by Crippen LogP contribution is 2.29. The second-order valence-electron chi connectivity index (χ2n) is 9.79. The molecule has 2 aromatic rings. The molecule has 2 aliphatic heterocycles. The van der Waals surface area contributed by atoms with Crippen molar-refractivity contribution in [2.24, 2.45) is 5.92 Å². The monoisotopic (exact) mass is 396 g/mol. The maximum Gasteiger partial charge on any atom is 0.253 e. The third-order valence-electron chi connectivity index (χ3n) is 6.94. The van der Waals surface area contributed by atoms with Gasteiger partial charge in [-0.15, -0.1) is 0 Å². The number of aromatic nitrogens is 1. The summed E-state index contributed by atoms with van der Waals surface area (Å²) in [6, 6.07) is 8.86. The van der Waals surface area contributed by atoms with Gasteiger partial charge in [0, 0.05) is 60.4 Å². The average molecular weight is 397 g/mol. The van der Waals surface area contributed by atoms with Crippen molar-refractivity contribution in [2.75, 3.05) is 39.3 Å². The Kier molecular flexibility index (Phi) is 5.71. The molecule has 2 atom stereocenters. The lowest BCUT2D eigenvalue weighted by Gasteiger charge is -2.42. The topological polar surface area (TPSA) is 40.5 Å². The van der Waals surface area contributed by atoms with E-state index in [-0.39, 0.29) is 11.4 Å². The highest BCUT2D eigenvalue weighted by atomic mass is 16.2. The molecule has 158 valence electrons. The number of piperazine rings is 1. The summed E-state index contributed by atoms with van der Waals surface area (Å²) < 4.78 is 2.39. The lowest BCUT2D eigenvalue weighted by molar-refractivity contribution is 0.0451. The molecule has 5 heteroatoms. The summed E-state index contributed by atoms with van der Waals surface area (Å²) in [6.07, 6.45) is 4.74. The molecular weight excluding hydrogens is 360 g/mol. The predicted octanol–water partition coefficient (Wildman–Crippen LogP) is 3.76. The van der Waals surface area contributed by atoms with E-state index in [2.05, 4.69) is 66.9 Å². The normalized spacial score (nSPS) is 22.8. The molecule has 0 saturated carbocycles. The van der Waals surface area contributed by atoms with E-state index in [1.165, 1.54) is 23.7 Å². The van der Waals surface area contributed by atoms with Crippen molar-refractivity contribution >= 4 is 16.8 Å². The number of nitrogens with zero attached hydrogens (tertiary/aromatic N) is 3. The van der Waals surface area contributed by atoms with Crippen LogP contribution in [0.5, 0.6) is 0 Å². The van der Waals surface area contributed by atoms with Gasteiger partial charge in [0.15, 0.2) is 0 Å². The fourth-order valence-corrected chi connectivity index (χ4v) is 4.93. The van der Waals surface area contributed by atoms with Crippen LogP contribution in [0.15, 0.2) is 30.5 Å². The Hall–Kier alpha value is -1.85. The van der Waals surface area contributed by atoms with E-state index in [0.29, 0.717) is 12.0 Å². The number of amides is 1. The summed E-state index contributed by atoms with van der Waals surface area (Å²) in [5.74, 6) is 0.831. The van der Waals surface area contributed by atoms with Crippen LogP contribution in [0.1, 0.15) is 56.9 Å². The van der Waals surface area contributed by atoms with E-state index in [4.69, 9.17) is 0 Å². The molecule has 1 aromatic heterocycles. The smallest absolute Gasteiger partial charge is 0.253 e. The number of carbonyl (C=O) groups is 1. The van der Waals surface area contributed by atoms with Gasteiger partial charge < -0.3 is 14.8 Å². The molecule has 0 radical (unpaired) electrons. The molecule has 5 nitrogen and oxygen atoms in total. The first kappa shape index (κ1) is 20.4. The molecule has 0 aliphatic carbocycles. The lowest BCUT2D eigenvalue weighted by Crippen LogP contribution is -2.54. The number of hydrogen-bond acceptors (Lipinski definition) is 3. The number of nitrogens with one attached hydrogen (secondary N) is 1. The van der Waals surface area contributed by atoms with Crippen LogP contribution in [0.4, 0.5) is 0 Å². The molecule has 1 amide bonds. The molecule has 0 bridgehead atoms. The van der Waals surface area contributed by atoms with E-state index >= 15 is 0 Å². The second kappa shape index (κ2) is 8.11. The van der Waals surface area contributed by atoms with E-state index in [0.717, 1.165) is 44.8 Å². The standard InChI is InChI=1S/C24H36N4O/c1-18(21-6-5-10-25-17-21)28-11-9-19-16-20(7-8-22(19)28)23(29)26-12-14-27(15-13-26)24(2,3)4/h7-9,11,16,18,21,25H,5-6,10,12-15,17H2,1-4H3. The fraction of sp³-hybridized carbons (Fsp3) is 0.625. The van der Waals surface area contributed by atoms with Gasteiger partial charge in [-0.2, -0.15) is 0 Å². The van der Waals surface area contributed by atoms with Crippen molar-refractivity contribution in [3.63, 3.8) is 0 Å². The molecular formula is C24H36N4O. The summed E-state index contributed by atoms with van der Waals surface area (Å²) in [4.78, 5) is 17.6. The van der Waals surface area contributed by atoms with Crippen LogP contribution in [0, 0.1) is 5.92 Å². The van der Waals surface area contributed by atoms with Crippen LogP contribution < -0.4 is 5.32 Å². The average Bonchev–Trinajstić information content (AvgIpc) is 3.16. The fourth-order valence-electron chi connectivity index (χ4n) is 4.93. The summed E-state index contributed by atoms with van der Waals surface area (Å²) in [5.41, 5.74) is 2.21. The van der Waals surface area contributed by atoms with Gasteiger partial charge in [-0.3, -0.25) is 9.69 Å². The van der Waals surface area contributed by atoms with Crippen LogP contribution >= 0.6 is 0 Å². The zero-order chi connectivity index (χ0) is 20.6. The first-order valence-corrected chi connectivity index (χ1v) is 11.2. The summed E-state index contributed by atoms with van der Waals surface area (Å²) in [6.45, 7) is 14.8. The van der Waals surface area contributed by atoms with Crippen molar-refractivity contribution in [3.05, 3.63) is 36.0 Å². The third-order valence-corrected chi connectivity index (χ3v) is 6.94. The number of fused-ring (bicyclic) bond motifs is 1. The molecule has 1 N–H and O–H groups in total. The number of piperidine rings is 1. The largest absolute Gasteiger partial charge is 0.344 e. The first-order chi connectivity index (χ1) is 13.8. The van der Waals surface area contributed by atoms with Gasteiger partial charge >= 0.3 is 0 Å². The van der Waals surface area contributed by atoms with E-state index in [9.17, 15) is 4.79 Å². The van der Waals surface area contributed by atoms with Gasteiger partial charge in [0.05, 0.1) is 0 Å². The number of hydrogen-bond donors (Lipinski definition) is 1. The molecule has 2 unspecified atom stereocenters. The summed E-state index contributed by atoms with van der Waals surface area (Å²) in [7, 11) is 0. The zero-order valence-electron chi connectivity index (χ0n) is 18.4. The minimum atomic E-state index is 0.165. The SMILES string of the molecule is CC(C1CCCNC1)n1ccc2cc(C(=O)N3CCN(C(C)(C)C)CC3)ccc21. The molecule has 1 aromatic carbocycles. The summed E-state index contributed by atoms with van der Waals surface area (Å²) >= 11 is 0. The van der Waals surface area contributed by atoms with Gasteiger partial charge in [-0.1, -0.05) is 0 Å². The van der Waals surface area contributed by atoms with Gasteiger partial charge in [0.25, 0.3) is 5.91 Å². The molecule has 29 heavy (non-hydrogen) atoms. The first-order valence-electron chi connectivity index (χ1n) is 11.2. The Bertz CT molecular complexity index is 851. The molecule has 2 saturated heterocycles. The highest BCUT2D eigenvalue weighted by molar-refractivity contribution is 5.98. The Morgan fingerprint density at radius 3 is 2.55 bits per heavy atom. The van der Waals surface area contributed by atoms with Gasteiger partial charge in [0.2, 0.25) is 0 Å². The molecule has 0 spiro atoms. The van der Waals surface area contributed by atoms with Crippen molar-refractivity contribution in [3.8, 4) is 0 Å². The summed E-state index contributed by atoms with van der Waals surface area (Å²) in [5, 5.41) is 4.70. The van der Waals surface area contributed by atoms with Crippen LogP contribution in [0.3, 0.4) is 0 Å². The van der Waals surface area contributed by atoms with Crippen molar-refractivity contribution in [1.29, 1.82) is 0 Å². The van der Waals surface area contributed by atoms with E-state index in [1.54, 1.807) is 0 Å². The Balaban J connectivity index is 1.48. The number of benzene rings is 1. The van der Waals surface area contributed by atoms with E-state index < -0.39 is 0 Å². The predicted molar refractivity (Wildman–Crippen MR) is 119 cm³/mol. The maximum atomic E-state index is 13.1. The highest BCUT2D eigenvalue weighted by Gasteiger charge is 2.28. The Labute approximate surface area is 175 Å². The number of rotatable bonds is 3. The van der Waals surface area contributed by atoms with Crippen LogP contribution in [0.25, 0.3) is 10.9 Å². The minimum absolute atomic E-state index is 0.165. The minimum Gasteiger partial charge on any atom is -0.344 e. The van der Waals surface area contributed by atoms with Crippen LogP contribution in [-0.4, -0.2) is 65.1 Å². The third kappa shape index (κ3) is 4.22. The lowest BCUT2D eigenvalue weighted by atomic mass is 9.92. The van der Waals surface area contributed by atoms with Crippen LogP contribution in [-0.2, 0) is 0 Å². The van der Waals surface area contributed by atoms with E-state index in [1.807, 2.05) is 11.0 Å². The Morgan fingerprint density at radius 1 is 1.14 bits per heavy atom. The van der Waals surface area contributed by atoms with Crippen molar-refractivity contribution < 1.29 is 4.79 Å². The molecule has 4 rings (SSSR count). The zero-order valence-corrected chi connectivity index (χ0v) is 18.4. The Morgan fingerprint density at radius 2 is 1.90 bits per heavy atom. The second-order valence-corrected chi connectivity index (χ2v) is 9.79. The quantitative estimate of drug-likeness (QED) is 0.859. The molecule has 2 fully saturated rings. The van der Waals surface area contributed by atoms with Crippen molar-refractivity contribution in [2.45, 2.75) is 52.1 Å².